The van der Waals surface area contributed by atoms with Crippen LogP contribution < -0.4 is 10.2 Å². The summed E-state index contributed by atoms with van der Waals surface area (Å²) in [4.78, 5) is 2.44. The first-order valence-corrected chi connectivity index (χ1v) is 7.73. The highest BCUT2D eigenvalue weighted by molar-refractivity contribution is 5.62. The molecule has 0 saturated heterocycles. The van der Waals surface area contributed by atoms with Gasteiger partial charge < -0.3 is 15.0 Å². The molecule has 2 rings (SSSR count). The molecule has 1 unspecified atom stereocenters. The van der Waals surface area contributed by atoms with Crippen molar-refractivity contribution in [2.24, 2.45) is 5.92 Å². The molecule has 0 aromatic heterocycles. The Bertz CT molecular complexity index is 431. The minimum Gasteiger partial charge on any atom is -0.383 e. The third-order valence-corrected chi connectivity index (χ3v) is 3.85. The number of ether oxygens (including phenoxy) is 1. The van der Waals surface area contributed by atoms with E-state index in [0.717, 1.165) is 19.7 Å². The fourth-order valence-electron chi connectivity index (χ4n) is 2.80. The number of rotatable bonds is 6. The first-order chi connectivity index (χ1) is 9.60. The monoisotopic (exact) mass is 276 g/mol. The van der Waals surface area contributed by atoms with E-state index >= 15 is 0 Å². The number of methoxy groups -OCH3 is 1. The molecule has 0 amide bonds. The standard InChI is InChI=1S/C17H28N2O/c1-13(2)12-19(9-10-20-4)16-7-8-17-15(11-16)6-5-14(3)18-17/h7-8,11,13-14,18H,5-6,9-10,12H2,1-4H3. The van der Waals surface area contributed by atoms with Crippen molar-refractivity contribution in [1.82, 2.24) is 0 Å². The number of hydrogen-bond donors (Lipinski definition) is 1. The van der Waals surface area contributed by atoms with Crippen LogP contribution in [0.15, 0.2) is 18.2 Å². The summed E-state index contributed by atoms with van der Waals surface area (Å²) in [5.41, 5.74) is 4.08. The molecule has 0 spiro atoms. The molecule has 0 radical (unpaired) electrons. The molecule has 3 nitrogen and oxygen atoms in total. The lowest BCUT2D eigenvalue weighted by Crippen LogP contribution is -2.31. The van der Waals surface area contributed by atoms with Crippen LogP contribution in [0.2, 0.25) is 0 Å². The maximum Gasteiger partial charge on any atom is 0.0637 e. The van der Waals surface area contributed by atoms with E-state index in [9.17, 15) is 0 Å². The van der Waals surface area contributed by atoms with E-state index in [2.05, 4.69) is 49.2 Å². The third kappa shape index (κ3) is 3.89. The minimum atomic E-state index is 0.591. The molecule has 1 N–H and O–H groups in total. The Labute approximate surface area is 123 Å². The second-order valence-corrected chi connectivity index (χ2v) is 6.26. The number of benzene rings is 1. The lowest BCUT2D eigenvalue weighted by molar-refractivity contribution is 0.204. The van der Waals surface area contributed by atoms with Crippen molar-refractivity contribution in [2.45, 2.75) is 39.7 Å². The van der Waals surface area contributed by atoms with Gasteiger partial charge in [0.2, 0.25) is 0 Å². The van der Waals surface area contributed by atoms with Crippen molar-refractivity contribution < 1.29 is 4.74 Å². The lowest BCUT2D eigenvalue weighted by Gasteiger charge is -2.29. The van der Waals surface area contributed by atoms with Gasteiger partial charge in [0.05, 0.1) is 6.61 Å². The predicted molar refractivity (Wildman–Crippen MR) is 86.8 cm³/mol. The minimum absolute atomic E-state index is 0.591. The van der Waals surface area contributed by atoms with E-state index in [-0.39, 0.29) is 0 Å². The number of hydrogen-bond acceptors (Lipinski definition) is 3. The smallest absolute Gasteiger partial charge is 0.0637 e. The second-order valence-electron chi connectivity index (χ2n) is 6.26. The van der Waals surface area contributed by atoms with E-state index in [4.69, 9.17) is 4.74 Å². The van der Waals surface area contributed by atoms with Gasteiger partial charge in [-0.25, -0.2) is 0 Å². The van der Waals surface area contributed by atoms with Crippen LogP contribution in [0.1, 0.15) is 32.8 Å². The summed E-state index contributed by atoms with van der Waals surface area (Å²) in [6.07, 6.45) is 2.40. The zero-order chi connectivity index (χ0) is 14.5. The molecule has 1 atom stereocenters. The molecule has 1 aliphatic heterocycles. The van der Waals surface area contributed by atoms with Crippen LogP contribution in [0.5, 0.6) is 0 Å². The molecule has 1 aromatic rings. The van der Waals surface area contributed by atoms with Gasteiger partial charge in [-0.2, -0.15) is 0 Å². The van der Waals surface area contributed by atoms with Crippen molar-refractivity contribution in [3.8, 4) is 0 Å². The zero-order valence-corrected chi connectivity index (χ0v) is 13.3. The normalized spacial score (nSPS) is 17.8. The third-order valence-electron chi connectivity index (χ3n) is 3.85. The largest absolute Gasteiger partial charge is 0.383 e. The number of nitrogens with one attached hydrogen (secondary N) is 1. The summed E-state index contributed by atoms with van der Waals surface area (Å²) in [6.45, 7) is 9.59. The number of fused-ring (bicyclic) bond motifs is 1. The van der Waals surface area contributed by atoms with E-state index in [1.165, 1.54) is 29.8 Å². The molecule has 1 aromatic carbocycles. The van der Waals surface area contributed by atoms with Crippen LogP contribution >= 0.6 is 0 Å². The summed E-state index contributed by atoms with van der Waals surface area (Å²) < 4.78 is 5.25. The van der Waals surface area contributed by atoms with Gasteiger partial charge in [-0.1, -0.05) is 13.8 Å². The Hall–Kier alpha value is -1.22. The first-order valence-electron chi connectivity index (χ1n) is 7.73. The van der Waals surface area contributed by atoms with Crippen LogP contribution in [0.25, 0.3) is 0 Å². The Morgan fingerprint density at radius 3 is 2.90 bits per heavy atom. The van der Waals surface area contributed by atoms with E-state index in [1.807, 2.05) is 0 Å². The quantitative estimate of drug-likeness (QED) is 0.860. The Morgan fingerprint density at radius 2 is 2.20 bits per heavy atom. The highest BCUT2D eigenvalue weighted by atomic mass is 16.5. The lowest BCUT2D eigenvalue weighted by atomic mass is 9.98. The van der Waals surface area contributed by atoms with Crippen LogP contribution in [0.4, 0.5) is 11.4 Å². The van der Waals surface area contributed by atoms with E-state index in [1.54, 1.807) is 7.11 Å². The van der Waals surface area contributed by atoms with Crippen LogP contribution in [-0.4, -0.2) is 32.8 Å². The molecular weight excluding hydrogens is 248 g/mol. The Morgan fingerprint density at radius 1 is 1.40 bits per heavy atom. The van der Waals surface area contributed by atoms with E-state index in [0.29, 0.717) is 12.0 Å². The zero-order valence-electron chi connectivity index (χ0n) is 13.3. The van der Waals surface area contributed by atoms with Gasteiger partial charge in [0, 0.05) is 37.6 Å². The van der Waals surface area contributed by atoms with E-state index < -0.39 is 0 Å². The average molecular weight is 276 g/mol. The Balaban J connectivity index is 2.16. The molecule has 0 fully saturated rings. The molecule has 1 aliphatic rings. The fourth-order valence-corrected chi connectivity index (χ4v) is 2.80. The van der Waals surface area contributed by atoms with Gasteiger partial charge in [-0.3, -0.25) is 0 Å². The summed E-state index contributed by atoms with van der Waals surface area (Å²) >= 11 is 0. The highest BCUT2D eigenvalue weighted by Crippen LogP contribution is 2.29. The molecule has 112 valence electrons. The van der Waals surface area contributed by atoms with Gasteiger partial charge in [0.15, 0.2) is 0 Å². The molecular formula is C17H28N2O. The number of aryl methyl sites for hydroxylation is 1. The fraction of sp³-hybridized carbons (Fsp3) is 0.647. The van der Waals surface area contributed by atoms with Gasteiger partial charge >= 0.3 is 0 Å². The Kier molecular flexibility index (Phi) is 5.30. The molecule has 0 aliphatic carbocycles. The summed E-state index contributed by atoms with van der Waals surface area (Å²) in [5, 5.41) is 3.57. The molecule has 3 heteroatoms. The van der Waals surface area contributed by atoms with Crippen molar-refractivity contribution in [1.29, 1.82) is 0 Å². The summed E-state index contributed by atoms with van der Waals surface area (Å²) in [7, 11) is 1.77. The van der Waals surface area contributed by atoms with Gasteiger partial charge in [0.25, 0.3) is 0 Å². The van der Waals surface area contributed by atoms with Crippen LogP contribution in [-0.2, 0) is 11.2 Å². The molecule has 20 heavy (non-hydrogen) atoms. The maximum absolute atomic E-state index is 5.25. The van der Waals surface area contributed by atoms with Crippen LogP contribution in [0.3, 0.4) is 0 Å². The van der Waals surface area contributed by atoms with Crippen molar-refractivity contribution in [2.75, 3.05) is 37.0 Å². The topological polar surface area (TPSA) is 24.5 Å². The van der Waals surface area contributed by atoms with Crippen molar-refractivity contribution in [3.05, 3.63) is 23.8 Å². The van der Waals surface area contributed by atoms with Gasteiger partial charge in [0.1, 0.15) is 0 Å². The van der Waals surface area contributed by atoms with Crippen molar-refractivity contribution in [3.63, 3.8) is 0 Å². The van der Waals surface area contributed by atoms with Gasteiger partial charge in [-0.15, -0.1) is 0 Å². The second kappa shape index (κ2) is 6.98. The number of anilines is 2. The maximum atomic E-state index is 5.25. The van der Waals surface area contributed by atoms with Gasteiger partial charge in [-0.05, 0) is 49.4 Å². The number of nitrogens with zero attached hydrogens (tertiary/aromatic N) is 1. The summed E-state index contributed by atoms with van der Waals surface area (Å²) in [6, 6.07) is 7.42. The molecule has 0 saturated carbocycles. The molecule has 1 heterocycles. The van der Waals surface area contributed by atoms with Crippen molar-refractivity contribution >= 4 is 11.4 Å². The SMILES string of the molecule is COCCN(CC(C)C)c1ccc2c(c1)CCC(C)N2. The highest BCUT2D eigenvalue weighted by Gasteiger charge is 2.16. The predicted octanol–water partition coefficient (Wildman–Crippen LogP) is 3.54. The average Bonchev–Trinajstić information content (AvgIpc) is 2.42. The van der Waals surface area contributed by atoms with Crippen LogP contribution in [0, 0.1) is 5.92 Å². The molecule has 0 bridgehead atoms. The first kappa shape index (κ1) is 15.2. The summed E-state index contributed by atoms with van der Waals surface area (Å²) in [5.74, 6) is 0.654.